The van der Waals surface area contributed by atoms with Crippen molar-refractivity contribution in [2.45, 2.75) is 31.6 Å². The fraction of sp³-hybridized carbons (Fsp3) is 0.636. The van der Waals surface area contributed by atoms with E-state index in [2.05, 4.69) is 5.10 Å². The average Bonchev–Trinajstić information content (AvgIpc) is 2.87. The molecule has 88 valence electrons. The molecule has 0 spiro atoms. The average molecular weight is 243 g/mol. The third-order valence-corrected chi connectivity index (χ3v) is 3.57. The Balaban J connectivity index is 2.43. The van der Waals surface area contributed by atoms with Crippen molar-refractivity contribution in [1.82, 2.24) is 9.78 Å². The number of halogens is 1. The molecular formula is C11H15ClN2O2. The van der Waals surface area contributed by atoms with Gasteiger partial charge in [-0.2, -0.15) is 5.10 Å². The summed E-state index contributed by atoms with van der Waals surface area (Å²) < 4.78 is 6.30. The molecule has 1 saturated carbocycles. The number of hydrogen-bond acceptors (Lipinski definition) is 3. The van der Waals surface area contributed by atoms with Crippen molar-refractivity contribution < 1.29 is 9.53 Å². The molecule has 1 aliphatic carbocycles. The predicted molar refractivity (Wildman–Crippen MR) is 60.8 cm³/mol. The third kappa shape index (κ3) is 1.82. The molecular weight excluding hydrogens is 228 g/mol. The number of methoxy groups -OCH3 is 1. The Bertz CT molecular complexity index is 408. The van der Waals surface area contributed by atoms with Gasteiger partial charge in [-0.05, 0) is 12.8 Å². The van der Waals surface area contributed by atoms with E-state index >= 15 is 0 Å². The van der Waals surface area contributed by atoms with Crippen LogP contribution in [0.15, 0.2) is 0 Å². The molecule has 1 aromatic heterocycles. The molecule has 0 amide bonds. The Labute approximate surface area is 99.5 Å². The van der Waals surface area contributed by atoms with Gasteiger partial charge in [-0.15, -0.1) is 0 Å². The van der Waals surface area contributed by atoms with Crippen LogP contribution in [0.4, 0.5) is 0 Å². The zero-order chi connectivity index (χ0) is 11.7. The Kier molecular flexibility index (Phi) is 3.19. The minimum atomic E-state index is -0.389. The summed E-state index contributed by atoms with van der Waals surface area (Å²) in [6, 6.07) is 0. The molecule has 1 fully saturated rings. The molecule has 1 aromatic rings. The highest BCUT2D eigenvalue weighted by atomic mass is 35.5. The molecule has 0 aromatic carbocycles. The summed E-state index contributed by atoms with van der Waals surface area (Å²) in [4.78, 5) is 11.7. The van der Waals surface area contributed by atoms with Crippen LogP contribution in [0.3, 0.4) is 0 Å². The minimum absolute atomic E-state index is 0.354. The van der Waals surface area contributed by atoms with Crippen LogP contribution >= 0.6 is 11.6 Å². The van der Waals surface area contributed by atoms with Crippen molar-refractivity contribution in [2.75, 3.05) is 7.11 Å². The largest absolute Gasteiger partial charge is 0.465 e. The van der Waals surface area contributed by atoms with Gasteiger partial charge in [0, 0.05) is 13.0 Å². The second-order valence-corrected chi connectivity index (χ2v) is 4.51. The van der Waals surface area contributed by atoms with Gasteiger partial charge in [0.1, 0.15) is 10.7 Å². The van der Waals surface area contributed by atoms with Gasteiger partial charge in [0.2, 0.25) is 0 Å². The molecule has 16 heavy (non-hydrogen) atoms. The fourth-order valence-corrected chi connectivity index (χ4v) is 2.51. The Morgan fingerprint density at radius 3 is 2.69 bits per heavy atom. The standard InChI is InChI=1S/C11H15ClN2O2/c1-14-10(12)8(11(15)16-2)9(13-14)7-5-3-4-6-7/h7H,3-6H2,1-2H3. The van der Waals surface area contributed by atoms with E-state index in [0.29, 0.717) is 16.6 Å². The van der Waals surface area contributed by atoms with Gasteiger partial charge in [-0.1, -0.05) is 24.4 Å². The molecule has 0 bridgehead atoms. The highest BCUT2D eigenvalue weighted by Crippen LogP contribution is 2.37. The maximum atomic E-state index is 11.7. The number of ether oxygens (including phenoxy) is 1. The first kappa shape index (κ1) is 11.5. The molecule has 0 atom stereocenters. The van der Waals surface area contributed by atoms with E-state index in [1.165, 1.54) is 20.0 Å². The summed E-state index contributed by atoms with van der Waals surface area (Å²) in [5, 5.41) is 4.71. The van der Waals surface area contributed by atoms with E-state index < -0.39 is 0 Å². The lowest BCUT2D eigenvalue weighted by Gasteiger charge is -2.07. The Hall–Kier alpha value is -1.03. The number of hydrogen-bond donors (Lipinski definition) is 0. The van der Waals surface area contributed by atoms with Crippen LogP contribution in [0.5, 0.6) is 0 Å². The molecule has 1 aliphatic rings. The van der Waals surface area contributed by atoms with Crippen LogP contribution in [-0.4, -0.2) is 22.9 Å². The van der Waals surface area contributed by atoms with Crippen molar-refractivity contribution in [2.24, 2.45) is 7.05 Å². The van der Waals surface area contributed by atoms with Crippen molar-refractivity contribution in [3.63, 3.8) is 0 Å². The topological polar surface area (TPSA) is 44.1 Å². The first-order valence-corrected chi connectivity index (χ1v) is 5.83. The number of rotatable bonds is 2. The number of aryl methyl sites for hydroxylation is 1. The van der Waals surface area contributed by atoms with Gasteiger partial charge in [0.25, 0.3) is 0 Å². The van der Waals surface area contributed by atoms with Crippen molar-refractivity contribution in [1.29, 1.82) is 0 Å². The monoisotopic (exact) mass is 242 g/mol. The summed E-state index contributed by atoms with van der Waals surface area (Å²) in [5.41, 5.74) is 1.25. The number of esters is 1. The second kappa shape index (κ2) is 4.45. The number of nitrogens with zero attached hydrogens (tertiary/aromatic N) is 2. The summed E-state index contributed by atoms with van der Waals surface area (Å²) >= 11 is 6.07. The first-order chi connectivity index (χ1) is 7.65. The lowest BCUT2D eigenvalue weighted by Crippen LogP contribution is -2.06. The number of carbonyl (C=O) groups excluding carboxylic acids is 1. The van der Waals surface area contributed by atoms with Crippen molar-refractivity contribution >= 4 is 17.6 Å². The molecule has 0 aliphatic heterocycles. The summed E-state index contributed by atoms with van der Waals surface area (Å²) in [6.07, 6.45) is 4.55. The Morgan fingerprint density at radius 2 is 2.12 bits per heavy atom. The Morgan fingerprint density at radius 1 is 1.50 bits per heavy atom. The summed E-state index contributed by atoms with van der Waals surface area (Å²) in [5.74, 6) is -0.0344. The van der Waals surface area contributed by atoms with Crippen molar-refractivity contribution in [3.8, 4) is 0 Å². The molecule has 0 radical (unpaired) electrons. The maximum absolute atomic E-state index is 11.7. The van der Waals surface area contributed by atoms with E-state index in [1.54, 1.807) is 11.7 Å². The second-order valence-electron chi connectivity index (χ2n) is 4.15. The lowest BCUT2D eigenvalue weighted by atomic mass is 10.0. The van der Waals surface area contributed by atoms with Gasteiger partial charge < -0.3 is 4.74 Å². The third-order valence-electron chi connectivity index (χ3n) is 3.14. The van der Waals surface area contributed by atoms with E-state index in [9.17, 15) is 4.79 Å². The van der Waals surface area contributed by atoms with Crippen molar-refractivity contribution in [3.05, 3.63) is 16.4 Å². The van der Waals surface area contributed by atoms with Gasteiger partial charge >= 0.3 is 5.97 Å². The molecule has 0 unspecified atom stereocenters. The highest BCUT2D eigenvalue weighted by Gasteiger charge is 2.29. The zero-order valence-electron chi connectivity index (χ0n) is 9.49. The number of aromatic nitrogens is 2. The molecule has 1 heterocycles. The van der Waals surface area contributed by atoms with Crippen LogP contribution in [0.2, 0.25) is 5.15 Å². The van der Waals surface area contributed by atoms with E-state index in [1.807, 2.05) is 0 Å². The summed E-state index contributed by atoms with van der Waals surface area (Å²) in [6.45, 7) is 0. The minimum Gasteiger partial charge on any atom is -0.465 e. The van der Waals surface area contributed by atoms with Crippen LogP contribution in [0.25, 0.3) is 0 Å². The van der Waals surface area contributed by atoms with Gasteiger partial charge in [-0.3, -0.25) is 4.68 Å². The molecule has 0 saturated heterocycles. The first-order valence-electron chi connectivity index (χ1n) is 5.46. The van der Waals surface area contributed by atoms with Crippen LogP contribution in [0.1, 0.15) is 47.7 Å². The fourth-order valence-electron chi connectivity index (χ4n) is 2.30. The summed E-state index contributed by atoms with van der Waals surface area (Å²) in [7, 11) is 3.11. The van der Waals surface area contributed by atoms with E-state index in [0.717, 1.165) is 18.5 Å². The molecule has 5 heteroatoms. The SMILES string of the molecule is COC(=O)c1c(C2CCCC2)nn(C)c1Cl. The van der Waals surface area contributed by atoms with Gasteiger partial charge in [-0.25, -0.2) is 4.79 Å². The van der Waals surface area contributed by atoms with Crippen LogP contribution in [0, 0.1) is 0 Å². The predicted octanol–water partition coefficient (Wildman–Crippen LogP) is 2.52. The lowest BCUT2D eigenvalue weighted by molar-refractivity contribution is 0.0599. The van der Waals surface area contributed by atoms with E-state index in [4.69, 9.17) is 16.3 Å². The van der Waals surface area contributed by atoms with Crippen LogP contribution in [-0.2, 0) is 11.8 Å². The van der Waals surface area contributed by atoms with Gasteiger partial charge in [0.05, 0.1) is 12.8 Å². The smallest absolute Gasteiger partial charge is 0.342 e. The zero-order valence-corrected chi connectivity index (χ0v) is 10.3. The molecule has 2 rings (SSSR count). The highest BCUT2D eigenvalue weighted by molar-refractivity contribution is 6.32. The quantitative estimate of drug-likeness (QED) is 0.749. The van der Waals surface area contributed by atoms with Crippen LogP contribution < -0.4 is 0 Å². The van der Waals surface area contributed by atoms with Gasteiger partial charge in [0.15, 0.2) is 0 Å². The maximum Gasteiger partial charge on any atom is 0.342 e. The normalized spacial score (nSPS) is 16.7. The molecule has 0 N–H and O–H groups in total. The number of carbonyl (C=O) groups is 1. The van der Waals surface area contributed by atoms with E-state index in [-0.39, 0.29) is 5.97 Å². The molecule has 4 nitrogen and oxygen atoms in total.